The van der Waals surface area contributed by atoms with Crippen molar-refractivity contribution >= 4 is 0 Å². The Morgan fingerprint density at radius 1 is 1.38 bits per heavy atom. The van der Waals surface area contributed by atoms with E-state index in [2.05, 4.69) is 16.8 Å². The first kappa shape index (κ1) is 12.1. The average Bonchev–Trinajstić information content (AvgIpc) is 2.31. The van der Waals surface area contributed by atoms with Gasteiger partial charge in [-0.15, -0.1) is 0 Å². The van der Waals surface area contributed by atoms with Crippen LogP contribution in [0.1, 0.15) is 19.3 Å². The van der Waals surface area contributed by atoms with Crippen LogP contribution in [0.2, 0.25) is 0 Å². The lowest BCUT2D eigenvalue weighted by Crippen LogP contribution is -2.44. The molecule has 2 saturated heterocycles. The Bertz CT molecular complexity index is 196. The number of nitrogens with zero attached hydrogens (tertiary/aromatic N) is 1. The summed E-state index contributed by atoms with van der Waals surface area (Å²) >= 11 is 0. The normalized spacial score (nSPS) is 27.9. The minimum absolute atomic E-state index is 0.726. The summed E-state index contributed by atoms with van der Waals surface area (Å²) in [6.07, 6.45) is 3.70. The van der Waals surface area contributed by atoms with Crippen molar-refractivity contribution in [1.29, 1.82) is 0 Å². The van der Waals surface area contributed by atoms with E-state index in [1.165, 1.54) is 31.5 Å². The first-order valence-corrected chi connectivity index (χ1v) is 6.52. The van der Waals surface area contributed by atoms with Gasteiger partial charge in [0.15, 0.2) is 0 Å². The first-order chi connectivity index (χ1) is 7.84. The standard InChI is InChI=1S/C13H24N2O/c1-12(9-13-3-2-8-16-11-13)10-15-6-4-14-5-7-15/h13-14H,1-11H2. The Kier molecular flexibility index (Phi) is 4.82. The van der Waals surface area contributed by atoms with Gasteiger partial charge in [0, 0.05) is 45.9 Å². The molecule has 16 heavy (non-hydrogen) atoms. The van der Waals surface area contributed by atoms with Crippen LogP contribution in [0, 0.1) is 5.92 Å². The fourth-order valence-electron chi connectivity index (χ4n) is 2.63. The van der Waals surface area contributed by atoms with E-state index in [1.807, 2.05) is 0 Å². The maximum atomic E-state index is 5.51. The highest BCUT2D eigenvalue weighted by Crippen LogP contribution is 2.21. The molecule has 1 N–H and O–H groups in total. The van der Waals surface area contributed by atoms with Crippen LogP contribution in [0.15, 0.2) is 12.2 Å². The average molecular weight is 224 g/mol. The Balaban J connectivity index is 1.66. The summed E-state index contributed by atoms with van der Waals surface area (Å²) < 4.78 is 5.51. The van der Waals surface area contributed by atoms with Crippen molar-refractivity contribution in [2.75, 3.05) is 45.9 Å². The van der Waals surface area contributed by atoms with Gasteiger partial charge in [-0.3, -0.25) is 4.90 Å². The molecule has 2 heterocycles. The Labute approximate surface area is 98.8 Å². The van der Waals surface area contributed by atoms with Gasteiger partial charge in [-0.2, -0.15) is 0 Å². The monoisotopic (exact) mass is 224 g/mol. The fourth-order valence-corrected chi connectivity index (χ4v) is 2.63. The molecule has 0 aromatic heterocycles. The molecule has 3 heteroatoms. The quantitative estimate of drug-likeness (QED) is 0.728. The van der Waals surface area contributed by atoms with Crippen molar-refractivity contribution in [2.24, 2.45) is 5.92 Å². The van der Waals surface area contributed by atoms with E-state index >= 15 is 0 Å². The van der Waals surface area contributed by atoms with E-state index in [4.69, 9.17) is 4.74 Å². The van der Waals surface area contributed by atoms with Crippen molar-refractivity contribution in [3.8, 4) is 0 Å². The highest BCUT2D eigenvalue weighted by Gasteiger charge is 2.16. The first-order valence-electron chi connectivity index (χ1n) is 6.52. The molecule has 2 rings (SSSR count). The van der Waals surface area contributed by atoms with E-state index in [1.54, 1.807) is 0 Å². The van der Waals surface area contributed by atoms with Crippen molar-refractivity contribution < 1.29 is 4.74 Å². The molecule has 0 amide bonds. The summed E-state index contributed by atoms with van der Waals surface area (Å²) in [5.74, 6) is 0.726. The zero-order valence-electron chi connectivity index (χ0n) is 10.2. The maximum absolute atomic E-state index is 5.51. The summed E-state index contributed by atoms with van der Waals surface area (Å²) in [6, 6.07) is 0. The molecule has 0 aromatic carbocycles. The molecule has 2 aliphatic heterocycles. The Morgan fingerprint density at radius 2 is 2.19 bits per heavy atom. The summed E-state index contributed by atoms with van der Waals surface area (Å²) in [4.78, 5) is 2.50. The van der Waals surface area contributed by atoms with Gasteiger partial charge in [-0.1, -0.05) is 12.2 Å². The molecule has 0 aromatic rings. The third-order valence-electron chi connectivity index (χ3n) is 3.49. The number of piperazine rings is 1. The van der Waals surface area contributed by atoms with Gasteiger partial charge in [0.05, 0.1) is 0 Å². The highest BCUT2D eigenvalue weighted by atomic mass is 16.5. The second-order valence-electron chi connectivity index (χ2n) is 5.06. The lowest BCUT2D eigenvalue weighted by atomic mass is 9.94. The van der Waals surface area contributed by atoms with E-state index in [0.29, 0.717) is 0 Å². The molecule has 0 bridgehead atoms. The van der Waals surface area contributed by atoms with Gasteiger partial charge in [0.2, 0.25) is 0 Å². The van der Waals surface area contributed by atoms with Gasteiger partial charge >= 0.3 is 0 Å². The third kappa shape index (κ3) is 3.89. The second-order valence-corrected chi connectivity index (χ2v) is 5.06. The van der Waals surface area contributed by atoms with Crippen LogP contribution in [0.4, 0.5) is 0 Å². The van der Waals surface area contributed by atoms with E-state index in [0.717, 1.165) is 45.2 Å². The SMILES string of the molecule is C=C(CC1CCCOC1)CN1CCNCC1. The lowest BCUT2D eigenvalue weighted by molar-refractivity contribution is 0.0543. The van der Waals surface area contributed by atoms with E-state index in [9.17, 15) is 0 Å². The molecule has 3 nitrogen and oxygen atoms in total. The Hall–Kier alpha value is -0.380. The number of ether oxygens (including phenoxy) is 1. The molecule has 2 aliphatic rings. The van der Waals surface area contributed by atoms with Crippen LogP contribution < -0.4 is 5.32 Å². The van der Waals surface area contributed by atoms with Crippen LogP contribution in [0.25, 0.3) is 0 Å². The van der Waals surface area contributed by atoms with Crippen molar-refractivity contribution in [3.05, 3.63) is 12.2 Å². The van der Waals surface area contributed by atoms with Gasteiger partial charge in [-0.05, 0) is 25.2 Å². The highest BCUT2D eigenvalue weighted by molar-refractivity contribution is 4.99. The van der Waals surface area contributed by atoms with Gasteiger partial charge in [0.1, 0.15) is 0 Å². The van der Waals surface area contributed by atoms with Crippen LogP contribution in [0.5, 0.6) is 0 Å². The third-order valence-corrected chi connectivity index (χ3v) is 3.49. The minimum Gasteiger partial charge on any atom is -0.381 e. The molecule has 2 fully saturated rings. The lowest BCUT2D eigenvalue weighted by Gasteiger charge is -2.29. The summed E-state index contributed by atoms with van der Waals surface area (Å²) in [5.41, 5.74) is 1.39. The van der Waals surface area contributed by atoms with E-state index in [-0.39, 0.29) is 0 Å². The molecule has 1 atom stereocenters. The smallest absolute Gasteiger partial charge is 0.0497 e. The van der Waals surface area contributed by atoms with Crippen molar-refractivity contribution in [2.45, 2.75) is 19.3 Å². The Morgan fingerprint density at radius 3 is 2.88 bits per heavy atom. The predicted octanol–water partition coefficient (Wildman–Crippen LogP) is 1.26. The van der Waals surface area contributed by atoms with Gasteiger partial charge in [-0.25, -0.2) is 0 Å². The van der Waals surface area contributed by atoms with Crippen molar-refractivity contribution in [3.63, 3.8) is 0 Å². The van der Waals surface area contributed by atoms with Crippen LogP contribution >= 0.6 is 0 Å². The molecule has 0 spiro atoms. The van der Waals surface area contributed by atoms with Crippen LogP contribution in [-0.4, -0.2) is 50.8 Å². The van der Waals surface area contributed by atoms with Gasteiger partial charge in [0.25, 0.3) is 0 Å². The van der Waals surface area contributed by atoms with Crippen LogP contribution in [0.3, 0.4) is 0 Å². The minimum atomic E-state index is 0.726. The molecule has 92 valence electrons. The van der Waals surface area contributed by atoms with Gasteiger partial charge < -0.3 is 10.1 Å². The topological polar surface area (TPSA) is 24.5 Å². The molecular weight excluding hydrogens is 200 g/mol. The van der Waals surface area contributed by atoms with E-state index < -0.39 is 0 Å². The summed E-state index contributed by atoms with van der Waals surface area (Å²) in [7, 11) is 0. The zero-order chi connectivity index (χ0) is 11.2. The number of rotatable bonds is 4. The predicted molar refractivity (Wildman–Crippen MR) is 66.6 cm³/mol. The molecule has 0 saturated carbocycles. The van der Waals surface area contributed by atoms with Crippen LogP contribution in [-0.2, 0) is 4.74 Å². The van der Waals surface area contributed by atoms with Crippen molar-refractivity contribution in [1.82, 2.24) is 10.2 Å². The fraction of sp³-hybridized carbons (Fsp3) is 0.846. The summed E-state index contributed by atoms with van der Waals surface area (Å²) in [6.45, 7) is 11.8. The maximum Gasteiger partial charge on any atom is 0.0497 e. The molecule has 0 radical (unpaired) electrons. The number of hydrogen-bond donors (Lipinski definition) is 1. The summed E-state index contributed by atoms with van der Waals surface area (Å²) in [5, 5.41) is 3.38. The molecule has 1 unspecified atom stereocenters. The second kappa shape index (κ2) is 6.38. The number of hydrogen-bond acceptors (Lipinski definition) is 3. The number of nitrogens with one attached hydrogen (secondary N) is 1. The molecular formula is C13H24N2O. The largest absolute Gasteiger partial charge is 0.381 e. The zero-order valence-corrected chi connectivity index (χ0v) is 10.2. The molecule has 0 aliphatic carbocycles.